The first-order chi connectivity index (χ1) is 16.4. The molecule has 1 aliphatic rings. The van der Waals surface area contributed by atoms with Gasteiger partial charge in [-0.05, 0) is 48.0 Å². The Morgan fingerprint density at radius 2 is 1.97 bits per heavy atom. The maximum absolute atomic E-state index is 13.0. The van der Waals surface area contributed by atoms with E-state index in [-0.39, 0.29) is 24.4 Å². The SMILES string of the molecule is CN1C(=O)N(c2cc(NC(=O)c3ccc(-c4ccc[nH]4)cc3)ccc2Cl)Cc2cnc(N)nc21. The van der Waals surface area contributed by atoms with E-state index in [1.807, 2.05) is 30.5 Å². The van der Waals surface area contributed by atoms with Crippen LogP contribution in [0.3, 0.4) is 0 Å². The molecule has 3 amide bonds. The summed E-state index contributed by atoms with van der Waals surface area (Å²) in [7, 11) is 1.61. The van der Waals surface area contributed by atoms with Crippen LogP contribution in [0.1, 0.15) is 15.9 Å². The zero-order chi connectivity index (χ0) is 23.8. The van der Waals surface area contributed by atoms with Crippen molar-refractivity contribution in [3.8, 4) is 11.3 Å². The highest BCUT2D eigenvalue weighted by molar-refractivity contribution is 6.34. The van der Waals surface area contributed by atoms with Gasteiger partial charge in [-0.25, -0.2) is 9.78 Å². The Morgan fingerprint density at radius 3 is 2.71 bits per heavy atom. The second-order valence-electron chi connectivity index (χ2n) is 7.79. The van der Waals surface area contributed by atoms with E-state index < -0.39 is 0 Å². The Kier molecular flexibility index (Phi) is 5.39. The Morgan fingerprint density at radius 1 is 1.18 bits per heavy atom. The monoisotopic (exact) mass is 473 g/mol. The quantitative estimate of drug-likeness (QED) is 0.402. The van der Waals surface area contributed by atoms with Gasteiger partial charge in [0, 0.05) is 41.9 Å². The number of nitrogen functional groups attached to an aromatic ring is 1. The van der Waals surface area contributed by atoms with E-state index >= 15 is 0 Å². The summed E-state index contributed by atoms with van der Waals surface area (Å²) in [6.45, 7) is 0.218. The van der Waals surface area contributed by atoms with Crippen molar-refractivity contribution < 1.29 is 9.59 Å². The van der Waals surface area contributed by atoms with Crippen LogP contribution < -0.4 is 20.9 Å². The lowest BCUT2D eigenvalue weighted by Crippen LogP contribution is -2.46. The molecule has 0 fully saturated rings. The highest BCUT2D eigenvalue weighted by Gasteiger charge is 2.31. The molecule has 34 heavy (non-hydrogen) atoms. The van der Waals surface area contributed by atoms with Crippen LogP contribution in [0.25, 0.3) is 11.3 Å². The van der Waals surface area contributed by atoms with Gasteiger partial charge in [0.05, 0.1) is 17.3 Å². The van der Waals surface area contributed by atoms with Gasteiger partial charge in [0.15, 0.2) is 0 Å². The molecule has 4 aromatic rings. The summed E-state index contributed by atoms with van der Waals surface area (Å²) in [5, 5.41) is 3.24. The first kappa shape index (κ1) is 21.5. The highest BCUT2D eigenvalue weighted by atomic mass is 35.5. The van der Waals surface area contributed by atoms with E-state index in [0.29, 0.717) is 27.8 Å². The average Bonchev–Trinajstić information content (AvgIpc) is 3.38. The number of nitrogens with zero attached hydrogens (tertiary/aromatic N) is 4. The van der Waals surface area contributed by atoms with Gasteiger partial charge in [0.25, 0.3) is 5.91 Å². The molecule has 0 unspecified atom stereocenters. The Bertz CT molecular complexity index is 1390. The number of benzene rings is 2. The maximum Gasteiger partial charge on any atom is 0.330 e. The Hall–Kier alpha value is -4.37. The van der Waals surface area contributed by atoms with Gasteiger partial charge in [0.2, 0.25) is 5.95 Å². The number of carbonyl (C=O) groups is 2. The summed E-state index contributed by atoms with van der Waals surface area (Å²) in [6.07, 6.45) is 3.43. The fourth-order valence-corrected chi connectivity index (χ4v) is 4.04. The topological polar surface area (TPSA) is 120 Å². The summed E-state index contributed by atoms with van der Waals surface area (Å²) in [4.78, 5) is 40.1. The van der Waals surface area contributed by atoms with Crippen LogP contribution in [-0.2, 0) is 6.54 Å². The number of aromatic nitrogens is 3. The van der Waals surface area contributed by atoms with Gasteiger partial charge in [-0.1, -0.05) is 23.7 Å². The lowest BCUT2D eigenvalue weighted by molar-refractivity contribution is 0.102. The number of carbonyl (C=O) groups excluding carboxylic acids is 2. The molecule has 1 aliphatic heterocycles. The zero-order valence-corrected chi connectivity index (χ0v) is 18.9. The summed E-state index contributed by atoms with van der Waals surface area (Å²) in [5.41, 5.74) is 9.82. The fraction of sp³-hybridized carbons (Fsp3) is 0.0833. The fourth-order valence-electron chi connectivity index (χ4n) is 3.82. The molecule has 0 spiro atoms. The number of nitrogens with two attached hydrogens (primary N) is 1. The third-order valence-corrected chi connectivity index (χ3v) is 5.89. The molecule has 3 heterocycles. The molecule has 0 bridgehead atoms. The van der Waals surface area contributed by atoms with E-state index in [2.05, 4.69) is 20.3 Å². The van der Waals surface area contributed by atoms with Gasteiger partial charge in [-0.3, -0.25) is 14.6 Å². The number of fused-ring (bicyclic) bond motifs is 1. The van der Waals surface area contributed by atoms with E-state index in [1.54, 1.807) is 43.6 Å². The van der Waals surface area contributed by atoms with E-state index in [9.17, 15) is 9.59 Å². The second kappa shape index (κ2) is 8.53. The highest BCUT2D eigenvalue weighted by Crippen LogP contribution is 2.35. The van der Waals surface area contributed by atoms with Crippen molar-refractivity contribution in [3.05, 3.63) is 83.1 Å². The van der Waals surface area contributed by atoms with Crippen molar-refractivity contribution in [2.45, 2.75) is 6.54 Å². The molecule has 0 radical (unpaired) electrons. The van der Waals surface area contributed by atoms with Crippen LogP contribution >= 0.6 is 11.6 Å². The van der Waals surface area contributed by atoms with Crippen LogP contribution in [0, 0.1) is 0 Å². The second-order valence-corrected chi connectivity index (χ2v) is 8.19. The predicted octanol–water partition coefficient (Wildman–Crippen LogP) is 4.54. The third kappa shape index (κ3) is 3.93. The van der Waals surface area contributed by atoms with Crippen molar-refractivity contribution >= 4 is 46.7 Å². The molecule has 0 atom stereocenters. The summed E-state index contributed by atoms with van der Waals surface area (Å²) in [5.74, 6) is 0.273. The molecule has 9 nitrogen and oxygen atoms in total. The van der Waals surface area contributed by atoms with E-state index in [1.165, 1.54) is 9.80 Å². The van der Waals surface area contributed by atoms with Crippen molar-refractivity contribution in [2.75, 3.05) is 27.9 Å². The van der Waals surface area contributed by atoms with Crippen LogP contribution in [0.2, 0.25) is 5.02 Å². The summed E-state index contributed by atoms with van der Waals surface area (Å²) in [6, 6.07) is 15.8. The number of aromatic amines is 1. The lowest BCUT2D eigenvalue weighted by Gasteiger charge is -2.34. The molecule has 5 rings (SSSR count). The number of anilines is 4. The summed E-state index contributed by atoms with van der Waals surface area (Å²) < 4.78 is 0. The summed E-state index contributed by atoms with van der Waals surface area (Å²) >= 11 is 6.44. The number of hydrogen-bond donors (Lipinski definition) is 3. The average molecular weight is 474 g/mol. The molecule has 0 aliphatic carbocycles. The Labute approximate surface area is 200 Å². The first-order valence-corrected chi connectivity index (χ1v) is 10.8. The number of rotatable bonds is 4. The minimum atomic E-state index is -0.323. The molecular formula is C24H20ClN7O2. The van der Waals surface area contributed by atoms with Crippen molar-refractivity contribution in [1.82, 2.24) is 15.0 Å². The lowest BCUT2D eigenvalue weighted by atomic mass is 10.1. The number of nitrogens with one attached hydrogen (secondary N) is 2. The Balaban J connectivity index is 1.38. The number of H-pyrrole nitrogens is 1. The smallest absolute Gasteiger partial charge is 0.330 e. The molecule has 0 saturated carbocycles. The molecule has 10 heteroatoms. The molecule has 2 aromatic carbocycles. The molecule has 170 valence electrons. The van der Waals surface area contributed by atoms with Gasteiger partial charge < -0.3 is 16.0 Å². The van der Waals surface area contributed by atoms with Crippen LogP contribution in [-0.4, -0.2) is 33.9 Å². The van der Waals surface area contributed by atoms with Crippen LogP contribution in [0.15, 0.2) is 67.0 Å². The van der Waals surface area contributed by atoms with Crippen LogP contribution in [0.5, 0.6) is 0 Å². The minimum Gasteiger partial charge on any atom is -0.368 e. The van der Waals surface area contributed by atoms with Crippen molar-refractivity contribution in [3.63, 3.8) is 0 Å². The van der Waals surface area contributed by atoms with Gasteiger partial charge in [-0.2, -0.15) is 4.98 Å². The first-order valence-electron chi connectivity index (χ1n) is 10.4. The number of hydrogen-bond acceptors (Lipinski definition) is 5. The third-order valence-electron chi connectivity index (χ3n) is 5.58. The van der Waals surface area contributed by atoms with E-state index in [0.717, 1.165) is 16.8 Å². The van der Waals surface area contributed by atoms with Crippen LogP contribution in [0.4, 0.5) is 27.9 Å². The predicted molar refractivity (Wildman–Crippen MR) is 132 cm³/mol. The molecule has 2 aromatic heterocycles. The number of halogens is 1. The van der Waals surface area contributed by atoms with Crippen molar-refractivity contribution in [1.29, 1.82) is 0 Å². The molecule has 4 N–H and O–H groups in total. The largest absolute Gasteiger partial charge is 0.368 e. The van der Waals surface area contributed by atoms with Gasteiger partial charge in [0.1, 0.15) is 5.82 Å². The van der Waals surface area contributed by atoms with Crippen molar-refractivity contribution in [2.24, 2.45) is 0 Å². The van der Waals surface area contributed by atoms with Gasteiger partial charge in [-0.15, -0.1) is 0 Å². The minimum absolute atomic E-state index is 0.0931. The standard InChI is InChI=1S/C24H20ClN7O2/c1-31-21-16(12-28-23(26)30-21)13-32(24(31)34)20-11-17(8-9-18(20)25)29-22(33)15-6-4-14(5-7-15)19-3-2-10-27-19/h2-12,27H,13H2,1H3,(H,29,33)(H2,26,28,30). The molecule has 0 saturated heterocycles. The normalized spacial score (nSPS) is 13.1. The van der Waals surface area contributed by atoms with Gasteiger partial charge >= 0.3 is 6.03 Å². The zero-order valence-electron chi connectivity index (χ0n) is 18.1. The number of amides is 3. The number of urea groups is 1. The molecular weight excluding hydrogens is 454 g/mol. The maximum atomic E-state index is 13.0. The van der Waals surface area contributed by atoms with E-state index in [4.69, 9.17) is 17.3 Å².